The number of aromatic nitrogens is 1. The first kappa shape index (κ1) is 4.84. The molecule has 0 bridgehead atoms. The van der Waals surface area contributed by atoms with E-state index in [2.05, 4.69) is 12.8 Å². The van der Waals surface area contributed by atoms with E-state index in [1.54, 1.807) is 11.3 Å². The second-order valence-corrected chi connectivity index (χ2v) is 2.55. The number of hydrogen-bond donors (Lipinski definition) is 0. The maximum Gasteiger partial charge on any atom is 0.155 e. The maximum absolute atomic E-state index is 4.03. The molecule has 0 atom stereocenters. The Labute approximate surface area is 47.8 Å². The van der Waals surface area contributed by atoms with Gasteiger partial charge in [-0.3, -0.25) is 4.98 Å². The van der Waals surface area contributed by atoms with Gasteiger partial charge in [-0.05, 0) is 11.7 Å². The highest BCUT2D eigenvalue weighted by atomic mass is 32.1. The molecule has 0 aliphatic carbocycles. The fourth-order valence-corrected chi connectivity index (χ4v) is 0.953. The molecule has 36 valence electrons. The number of thiazole rings is 1. The van der Waals surface area contributed by atoms with Gasteiger partial charge >= 0.3 is 0 Å². The summed E-state index contributed by atoms with van der Waals surface area (Å²) >= 11 is 1.69. The molecule has 0 saturated heterocycles. The topological polar surface area (TPSA) is 12.9 Å². The van der Waals surface area contributed by atoms with Crippen LogP contribution in [0.15, 0.2) is 5.51 Å². The molecule has 0 N–H and O–H groups in total. The summed E-state index contributed by atoms with van der Waals surface area (Å²) in [7, 11) is 2.08. The van der Waals surface area contributed by atoms with E-state index in [0.717, 1.165) is 5.69 Å². The van der Waals surface area contributed by atoms with Gasteiger partial charge in [-0.15, -0.1) is 11.3 Å². The minimum atomic E-state index is 1.16. The molecule has 0 aliphatic rings. The van der Waals surface area contributed by atoms with E-state index in [0.29, 0.717) is 0 Å². The van der Waals surface area contributed by atoms with Crippen molar-refractivity contribution in [2.24, 2.45) is 0 Å². The first-order valence-corrected chi connectivity index (χ1v) is 3.05. The molecule has 1 aromatic rings. The van der Waals surface area contributed by atoms with Crippen LogP contribution >= 0.6 is 11.3 Å². The van der Waals surface area contributed by atoms with Crippen molar-refractivity contribution in [3.05, 3.63) is 11.2 Å². The monoisotopic (exact) mass is 111 g/mol. The van der Waals surface area contributed by atoms with E-state index in [4.69, 9.17) is 0 Å². The maximum atomic E-state index is 4.03. The van der Waals surface area contributed by atoms with Crippen LogP contribution in [0.5, 0.6) is 0 Å². The molecule has 1 nitrogen and oxygen atoms in total. The summed E-state index contributed by atoms with van der Waals surface area (Å²) in [5, 5.41) is 0. The fraction of sp³-hybridized carbons (Fsp3) is 0.250. The third kappa shape index (κ3) is 0.827. The van der Waals surface area contributed by atoms with Crippen LogP contribution in [-0.2, 0) is 0 Å². The van der Waals surface area contributed by atoms with Crippen molar-refractivity contribution >= 4 is 24.0 Å². The molecule has 0 saturated carbocycles. The van der Waals surface area contributed by atoms with Gasteiger partial charge in [0, 0.05) is 5.69 Å². The lowest BCUT2D eigenvalue weighted by molar-refractivity contribution is 1.28. The Morgan fingerprint density at radius 2 is 2.57 bits per heavy atom. The van der Waals surface area contributed by atoms with Crippen LogP contribution in [0, 0.1) is 6.92 Å². The van der Waals surface area contributed by atoms with E-state index in [1.807, 2.05) is 12.4 Å². The Morgan fingerprint density at radius 3 is 2.71 bits per heavy atom. The lowest BCUT2D eigenvalue weighted by Crippen LogP contribution is -1.97. The van der Waals surface area contributed by atoms with Gasteiger partial charge in [0.15, 0.2) is 7.85 Å². The minimum absolute atomic E-state index is 1.16. The van der Waals surface area contributed by atoms with Crippen LogP contribution in [0.1, 0.15) is 5.69 Å². The van der Waals surface area contributed by atoms with E-state index >= 15 is 0 Å². The minimum Gasteiger partial charge on any atom is -0.251 e. The number of nitrogens with zero attached hydrogens (tertiary/aromatic N) is 1. The summed E-state index contributed by atoms with van der Waals surface area (Å²) in [6.45, 7) is 2.02. The summed E-state index contributed by atoms with van der Waals surface area (Å²) in [6.07, 6.45) is 0. The third-order valence-corrected chi connectivity index (χ3v) is 1.85. The van der Waals surface area contributed by atoms with Crippen molar-refractivity contribution in [3.63, 3.8) is 0 Å². The first-order valence-electron chi connectivity index (χ1n) is 2.17. The van der Waals surface area contributed by atoms with Crippen LogP contribution in [0.3, 0.4) is 0 Å². The van der Waals surface area contributed by atoms with Crippen molar-refractivity contribution in [2.45, 2.75) is 6.92 Å². The van der Waals surface area contributed by atoms with E-state index in [-0.39, 0.29) is 0 Å². The average molecular weight is 111 g/mol. The molecule has 0 aromatic carbocycles. The van der Waals surface area contributed by atoms with Gasteiger partial charge < -0.3 is 0 Å². The van der Waals surface area contributed by atoms with Crippen LogP contribution in [0.4, 0.5) is 0 Å². The Kier molecular flexibility index (Phi) is 1.15. The summed E-state index contributed by atoms with van der Waals surface area (Å²) in [4.78, 5) is 4.03. The van der Waals surface area contributed by atoms with Gasteiger partial charge in [0.25, 0.3) is 0 Å². The molecule has 0 spiro atoms. The van der Waals surface area contributed by atoms with Crippen molar-refractivity contribution in [1.82, 2.24) is 4.98 Å². The molecular formula is C4H6BNS. The van der Waals surface area contributed by atoms with Crippen molar-refractivity contribution < 1.29 is 0 Å². The van der Waals surface area contributed by atoms with Crippen LogP contribution < -0.4 is 4.78 Å². The standard InChI is InChI=1S/C4H6BNS/c1-3-4(5)7-2-6-3/h2H,5H2,1H3. The Morgan fingerprint density at radius 1 is 1.86 bits per heavy atom. The molecule has 0 radical (unpaired) electrons. The molecule has 0 fully saturated rings. The molecule has 1 heterocycles. The molecule has 0 unspecified atom stereocenters. The molecule has 1 rings (SSSR count). The highest BCUT2D eigenvalue weighted by molar-refractivity contribution is 7.18. The predicted octanol–water partition coefficient (Wildman–Crippen LogP) is -0.290. The Bertz CT molecular complexity index is 144. The van der Waals surface area contributed by atoms with E-state index < -0.39 is 0 Å². The zero-order valence-corrected chi connectivity index (χ0v) is 5.25. The summed E-state index contributed by atoms with van der Waals surface area (Å²) in [5.74, 6) is 0. The van der Waals surface area contributed by atoms with Gasteiger partial charge in [0.1, 0.15) is 0 Å². The van der Waals surface area contributed by atoms with E-state index in [9.17, 15) is 0 Å². The highest BCUT2D eigenvalue weighted by Gasteiger charge is 1.88. The normalized spacial score (nSPS) is 9.29. The second kappa shape index (κ2) is 1.66. The quantitative estimate of drug-likeness (QED) is 0.419. The van der Waals surface area contributed by atoms with Gasteiger partial charge in [-0.2, -0.15) is 0 Å². The van der Waals surface area contributed by atoms with Gasteiger partial charge in [-0.1, -0.05) is 0 Å². The Balaban J connectivity index is 3.12. The van der Waals surface area contributed by atoms with Gasteiger partial charge in [0.05, 0.1) is 5.51 Å². The third-order valence-electron chi connectivity index (χ3n) is 0.985. The van der Waals surface area contributed by atoms with Crippen molar-refractivity contribution in [3.8, 4) is 0 Å². The predicted molar refractivity (Wildman–Crippen MR) is 35.0 cm³/mol. The number of hydrogen-bond acceptors (Lipinski definition) is 2. The average Bonchev–Trinajstić information content (AvgIpc) is 1.91. The number of aryl methyl sites for hydroxylation is 1. The van der Waals surface area contributed by atoms with Crippen LogP contribution in [-0.4, -0.2) is 12.8 Å². The largest absolute Gasteiger partial charge is 0.251 e. The van der Waals surface area contributed by atoms with Gasteiger partial charge in [-0.25, -0.2) is 0 Å². The second-order valence-electron chi connectivity index (χ2n) is 1.49. The zero-order valence-electron chi connectivity index (χ0n) is 4.43. The molecular weight excluding hydrogens is 105 g/mol. The first-order chi connectivity index (χ1) is 3.30. The molecule has 7 heavy (non-hydrogen) atoms. The van der Waals surface area contributed by atoms with Gasteiger partial charge in [0.2, 0.25) is 0 Å². The van der Waals surface area contributed by atoms with E-state index in [1.165, 1.54) is 4.78 Å². The van der Waals surface area contributed by atoms with Crippen LogP contribution in [0.2, 0.25) is 0 Å². The lowest BCUT2D eigenvalue weighted by Gasteiger charge is -1.77. The molecule has 0 amide bonds. The SMILES string of the molecule is Bc1scnc1C. The van der Waals surface area contributed by atoms with Crippen LogP contribution in [0.25, 0.3) is 0 Å². The fourth-order valence-electron chi connectivity index (χ4n) is 0.361. The highest BCUT2D eigenvalue weighted by Crippen LogP contribution is 1.90. The smallest absolute Gasteiger partial charge is 0.155 e. The summed E-state index contributed by atoms with van der Waals surface area (Å²) in [6, 6.07) is 0. The Hall–Kier alpha value is -0.305. The summed E-state index contributed by atoms with van der Waals surface area (Å²) < 4.78 is 1.32. The molecule has 1 aromatic heterocycles. The lowest BCUT2D eigenvalue weighted by atomic mass is 10.1. The van der Waals surface area contributed by atoms with Crippen molar-refractivity contribution in [1.29, 1.82) is 0 Å². The van der Waals surface area contributed by atoms with Crippen molar-refractivity contribution in [2.75, 3.05) is 0 Å². The zero-order chi connectivity index (χ0) is 5.28. The number of rotatable bonds is 0. The molecule has 3 heteroatoms. The molecule has 0 aliphatic heterocycles. The summed E-state index contributed by atoms with van der Waals surface area (Å²) in [5.41, 5.74) is 3.02.